The normalized spacial score (nSPS) is 11.5. The summed E-state index contributed by atoms with van der Waals surface area (Å²) in [6.07, 6.45) is 1.59. The Kier molecular flexibility index (Phi) is 2.50. The Labute approximate surface area is 91.3 Å². The van der Waals surface area contributed by atoms with Crippen molar-refractivity contribution in [3.63, 3.8) is 0 Å². The van der Waals surface area contributed by atoms with E-state index in [-0.39, 0.29) is 4.90 Å². The molecule has 1 aromatic heterocycles. The zero-order chi connectivity index (χ0) is 10.9. The molecule has 1 aromatic carbocycles. The summed E-state index contributed by atoms with van der Waals surface area (Å²) < 4.78 is 22.2. The highest BCUT2D eigenvalue weighted by Crippen LogP contribution is 2.22. The topological polar surface area (TPSA) is 62.8 Å². The minimum Gasteiger partial charge on any atom is -0.278 e. The minimum absolute atomic E-state index is 0.0799. The van der Waals surface area contributed by atoms with Gasteiger partial charge in [-0.15, -0.1) is 0 Å². The van der Waals surface area contributed by atoms with Crippen molar-refractivity contribution in [2.45, 2.75) is 4.90 Å². The van der Waals surface area contributed by atoms with Gasteiger partial charge >= 0.3 is 0 Å². The first-order valence-electron chi connectivity index (χ1n) is 4.12. The van der Waals surface area contributed by atoms with Crippen LogP contribution in [0.1, 0.15) is 0 Å². The number of nitrogens with one attached hydrogen (secondary N) is 1. The summed E-state index contributed by atoms with van der Waals surface area (Å²) in [6.45, 7) is 0. The molecule has 2 rings (SSSR count). The second kappa shape index (κ2) is 3.67. The maximum absolute atomic E-state index is 11.1. The first kappa shape index (κ1) is 10.2. The molecule has 6 heteroatoms. The fourth-order valence-corrected chi connectivity index (χ4v) is 2.03. The summed E-state index contributed by atoms with van der Waals surface area (Å²) in [5.41, 5.74) is 1.48. The number of nitrogens with zero attached hydrogens (tertiary/aromatic N) is 1. The molecular formula is C9H7ClN2O2S. The number of hydrogen-bond acceptors (Lipinski definition) is 3. The van der Waals surface area contributed by atoms with Crippen molar-refractivity contribution in [3.8, 4) is 11.3 Å². The Hall–Kier alpha value is -1.33. The number of aromatic amines is 1. The fraction of sp³-hybridized carbons (Fsp3) is 0. The molecule has 0 aliphatic rings. The van der Waals surface area contributed by atoms with E-state index < -0.39 is 9.05 Å². The number of aromatic nitrogens is 2. The van der Waals surface area contributed by atoms with Crippen molar-refractivity contribution < 1.29 is 8.42 Å². The highest BCUT2D eigenvalue weighted by atomic mass is 35.7. The van der Waals surface area contributed by atoms with Crippen LogP contribution in [-0.4, -0.2) is 18.6 Å². The molecular weight excluding hydrogens is 236 g/mol. The van der Waals surface area contributed by atoms with E-state index in [9.17, 15) is 8.42 Å². The van der Waals surface area contributed by atoms with Crippen molar-refractivity contribution in [3.05, 3.63) is 36.5 Å². The molecule has 4 nitrogen and oxygen atoms in total. The van der Waals surface area contributed by atoms with Gasteiger partial charge in [0, 0.05) is 22.4 Å². The van der Waals surface area contributed by atoms with Crippen molar-refractivity contribution in [2.75, 3.05) is 0 Å². The lowest BCUT2D eigenvalue weighted by Gasteiger charge is -1.99. The molecule has 0 aliphatic heterocycles. The smallest absolute Gasteiger partial charge is 0.261 e. The molecule has 0 atom stereocenters. The largest absolute Gasteiger partial charge is 0.278 e. The van der Waals surface area contributed by atoms with Gasteiger partial charge in [-0.2, -0.15) is 5.10 Å². The Bertz CT molecular complexity index is 564. The second-order valence-corrected chi connectivity index (χ2v) is 5.50. The standard InChI is InChI=1S/C9H7ClN2O2S/c10-15(13,14)8-3-1-2-7(6-8)9-4-5-11-12-9/h1-6H,(H,11,12). The molecule has 0 unspecified atom stereocenters. The van der Waals surface area contributed by atoms with Gasteiger partial charge in [-0.25, -0.2) is 8.42 Å². The van der Waals surface area contributed by atoms with Crippen molar-refractivity contribution >= 4 is 19.7 Å². The molecule has 0 saturated heterocycles. The Morgan fingerprint density at radius 3 is 2.67 bits per heavy atom. The Morgan fingerprint density at radius 1 is 1.27 bits per heavy atom. The van der Waals surface area contributed by atoms with Gasteiger partial charge in [0.25, 0.3) is 9.05 Å². The van der Waals surface area contributed by atoms with E-state index in [4.69, 9.17) is 10.7 Å². The molecule has 0 spiro atoms. The zero-order valence-corrected chi connectivity index (χ0v) is 9.09. The summed E-state index contributed by atoms with van der Waals surface area (Å²) in [5.74, 6) is 0. The van der Waals surface area contributed by atoms with Gasteiger partial charge in [-0.1, -0.05) is 12.1 Å². The summed E-state index contributed by atoms with van der Waals surface area (Å²) >= 11 is 0. The lowest BCUT2D eigenvalue weighted by atomic mass is 10.2. The summed E-state index contributed by atoms with van der Waals surface area (Å²) in [7, 11) is 1.56. The van der Waals surface area contributed by atoms with Gasteiger partial charge in [0.1, 0.15) is 0 Å². The molecule has 0 saturated carbocycles. The quantitative estimate of drug-likeness (QED) is 0.820. The minimum atomic E-state index is -3.68. The molecule has 1 N–H and O–H groups in total. The van der Waals surface area contributed by atoms with Crippen LogP contribution in [0.25, 0.3) is 11.3 Å². The molecule has 2 aromatic rings. The van der Waals surface area contributed by atoms with Crippen LogP contribution < -0.4 is 0 Å². The fourth-order valence-electron chi connectivity index (χ4n) is 1.23. The van der Waals surface area contributed by atoms with Crippen LogP contribution >= 0.6 is 10.7 Å². The van der Waals surface area contributed by atoms with Crippen LogP contribution in [0.3, 0.4) is 0 Å². The van der Waals surface area contributed by atoms with Crippen molar-refractivity contribution in [1.29, 1.82) is 0 Å². The maximum Gasteiger partial charge on any atom is 0.261 e. The Balaban J connectivity index is 2.53. The number of hydrogen-bond donors (Lipinski definition) is 1. The van der Waals surface area contributed by atoms with Crippen LogP contribution in [0.15, 0.2) is 41.4 Å². The average Bonchev–Trinajstić information content (AvgIpc) is 2.69. The highest BCUT2D eigenvalue weighted by molar-refractivity contribution is 8.13. The van der Waals surface area contributed by atoms with Gasteiger partial charge in [-0.3, -0.25) is 5.10 Å². The van der Waals surface area contributed by atoms with Gasteiger partial charge < -0.3 is 0 Å². The van der Waals surface area contributed by atoms with E-state index in [1.165, 1.54) is 12.1 Å². The molecule has 0 fully saturated rings. The first-order valence-corrected chi connectivity index (χ1v) is 6.43. The third-order valence-electron chi connectivity index (χ3n) is 1.93. The van der Waals surface area contributed by atoms with E-state index in [2.05, 4.69) is 10.2 Å². The first-order chi connectivity index (χ1) is 7.07. The highest BCUT2D eigenvalue weighted by Gasteiger charge is 2.10. The Morgan fingerprint density at radius 2 is 2.07 bits per heavy atom. The van der Waals surface area contributed by atoms with Crippen LogP contribution in [0, 0.1) is 0 Å². The monoisotopic (exact) mass is 242 g/mol. The predicted molar refractivity (Wildman–Crippen MR) is 57.1 cm³/mol. The lowest BCUT2D eigenvalue weighted by molar-refractivity contribution is 0.609. The van der Waals surface area contributed by atoms with Crippen molar-refractivity contribution in [2.24, 2.45) is 0 Å². The molecule has 1 heterocycles. The molecule has 0 amide bonds. The van der Waals surface area contributed by atoms with Gasteiger partial charge in [-0.05, 0) is 18.2 Å². The average molecular weight is 243 g/mol. The van der Waals surface area contributed by atoms with Crippen molar-refractivity contribution in [1.82, 2.24) is 10.2 Å². The second-order valence-electron chi connectivity index (χ2n) is 2.94. The number of halogens is 1. The maximum atomic E-state index is 11.1. The van der Waals surface area contributed by atoms with Crippen LogP contribution in [0.4, 0.5) is 0 Å². The summed E-state index contributed by atoms with van der Waals surface area (Å²) in [6, 6.07) is 8.10. The molecule has 78 valence electrons. The number of rotatable bonds is 2. The third kappa shape index (κ3) is 2.19. The number of H-pyrrole nitrogens is 1. The van der Waals surface area contributed by atoms with Gasteiger partial charge in [0.15, 0.2) is 0 Å². The van der Waals surface area contributed by atoms with E-state index >= 15 is 0 Å². The van der Waals surface area contributed by atoms with E-state index in [1.54, 1.807) is 24.4 Å². The van der Waals surface area contributed by atoms with Gasteiger partial charge in [0.05, 0.1) is 10.6 Å². The van der Waals surface area contributed by atoms with Crippen LogP contribution in [0.5, 0.6) is 0 Å². The lowest BCUT2D eigenvalue weighted by Crippen LogP contribution is -1.90. The molecule has 0 aliphatic carbocycles. The zero-order valence-electron chi connectivity index (χ0n) is 7.51. The summed E-state index contributed by atoms with van der Waals surface area (Å²) in [5, 5.41) is 6.53. The number of benzene rings is 1. The van der Waals surface area contributed by atoms with Gasteiger partial charge in [0.2, 0.25) is 0 Å². The molecule has 0 bridgehead atoms. The van der Waals surface area contributed by atoms with Crippen LogP contribution in [-0.2, 0) is 9.05 Å². The van der Waals surface area contributed by atoms with E-state index in [0.717, 1.165) is 11.3 Å². The van der Waals surface area contributed by atoms with E-state index in [1.807, 2.05) is 0 Å². The van der Waals surface area contributed by atoms with E-state index in [0.29, 0.717) is 0 Å². The molecule has 15 heavy (non-hydrogen) atoms. The SMILES string of the molecule is O=S(=O)(Cl)c1cccc(-c2ccn[nH]2)c1. The summed E-state index contributed by atoms with van der Waals surface area (Å²) in [4.78, 5) is 0.0799. The molecule has 0 radical (unpaired) electrons. The predicted octanol–water partition coefficient (Wildman–Crippen LogP) is 2.00. The van der Waals surface area contributed by atoms with Crippen LogP contribution in [0.2, 0.25) is 0 Å². The third-order valence-corrected chi connectivity index (χ3v) is 3.28.